The van der Waals surface area contributed by atoms with E-state index in [0.29, 0.717) is 12.6 Å². The number of carbonyl (C=O) groups excluding carboxylic acids is 1. The number of aromatic nitrogens is 3. The van der Waals surface area contributed by atoms with Crippen molar-refractivity contribution in [2.24, 2.45) is 5.92 Å². The highest BCUT2D eigenvalue weighted by molar-refractivity contribution is 5.99. The van der Waals surface area contributed by atoms with Crippen LogP contribution in [0.25, 0.3) is 11.0 Å². The van der Waals surface area contributed by atoms with E-state index in [1.54, 1.807) is 0 Å². The summed E-state index contributed by atoms with van der Waals surface area (Å²) < 4.78 is 2.27. The Morgan fingerprint density at radius 2 is 1.78 bits per heavy atom. The second-order valence-electron chi connectivity index (χ2n) is 12.2. The smallest absolute Gasteiger partial charge is 0.268 e. The van der Waals surface area contributed by atoms with Crippen molar-refractivity contribution in [2.75, 3.05) is 44.6 Å². The zero-order chi connectivity index (χ0) is 24.1. The zero-order valence-corrected chi connectivity index (χ0v) is 21.6. The summed E-state index contributed by atoms with van der Waals surface area (Å²) in [5, 5.41) is 7.80. The third kappa shape index (κ3) is 4.30. The van der Waals surface area contributed by atoms with Gasteiger partial charge in [0, 0.05) is 62.9 Å². The van der Waals surface area contributed by atoms with E-state index in [0.717, 1.165) is 47.5 Å². The number of hydrogen-bond donors (Lipinski definition) is 2. The maximum absolute atomic E-state index is 12.7. The monoisotopic (exact) mass is 491 g/mol. The number of nitrogens with one attached hydrogen (secondary N) is 2. The van der Waals surface area contributed by atoms with Crippen LogP contribution in [0.3, 0.4) is 0 Å². The molecule has 36 heavy (non-hydrogen) atoms. The standard InChI is InChI=1S/C28H41N7O/c36-26-24-16-21-17-29-27(32-25(21)35(24)28(19-30-26)10-2-1-3-11-28)31-22-6-8-23(9-7-22)34-14-12-33(13-15-34)18-20-4-5-20/h16-17,20,22-23H,1-15,18-19H2,(H,30,36)(H,29,31,32). The molecule has 1 spiro atoms. The van der Waals surface area contributed by atoms with Gasteiger partial charge < -0.3 is 20.1 Å². The maximum Gasteiger partial charge on any atom is 0.268 e. The van der Waals surface area contributed by atoms with Gasteiger partial charge in [-0.1, -0.05) is 19.3 Å². The maximum atomic E-state index is 12.7. The summed E-state index contributed by atoms with van der Waals surface area (Å²) in [5.74, 6) is 1.74. The first-order valence-corrected chi connectivity index (χ1v) is 14.6. The fraction of sp³-hybridized carbons (Fsp3) is 0.750. The van der Waals surface area contributed by atoms with Crippen LogP contribution in [0.1, 0.15) is 81.1 Å². The van der Waals surface area contributed by atoms with Crippen LogP contribution >= 0.6 is 0 Å². The molecule has 2 N–H and O–H groups in total. The molecule has 3 saturated carbocycles. The number of fused-ring (bicyclic) bond motifs is 4. The van der Waals surface area contributed by atoms with Crippen molar-refractivity contribution in [1.29, 1.82) is 0 Å². The Kier molecular flexibility index (Phi) is 5.92. The van der Waals surface area contributed by atoms with Crippen molar-refractivity contribution in [3.05, 3.63) is 18.0 Å². The van der Waals surface area contributed by atoms with Gasteiger partial charge in [0.1, 0.15) is 11.3 Å². The molecule has 0 bridgehead atoms. The highest BCUT2D eigenvalue weighted by atomic mass is 16.2. The van der Waals surface area contributed by atoms with Crippen LogP contribution in [-0.2, 0) is 5.54 Å². The highest BCUT2D eigenvalue weighted by Gasteiger charge is 2.41. The first-order chi connectivity index (χ1) is 17.7. The van der Waals surface area contributed by atoms with Crippen LogP contribution in [0.15, 0.2) is 12.3 Å². The van der Waals surface area contributed by atoms with Crippen molar-refractivity contribution < 1.29 is 4.79 Å². The topological polar surface area (TPSA) is 78.3 Å². The Hall–Kier alpha value is -2.19. The Morgan fingerprint density at radius 3 is 2.53 bits per heavy atom. The van der Waals surface area contributed by atoms with Crippen molar-refractivity contribution in [1.82, 2.24) is 29.7 Å². The number of piperazine rings is 1. The molecule has 0 aromatic carbocycles. The Morgan fingerprint density at radius 1 is 1.00 bits per heavy atom. The molecule has 0 unspecified atom stereocenters. The van der Waals surface area contributed by atoms with E-state index >= 15 is 0 Å². The number of amides is 1. The Labute approximate surface area is 214 Å². The van der Waals surface area contributed by atoms with E-state index in [4.69, 9.17) is 4.98 Å². The lowest BCUT2D eigenvalue weighted by Crippen LogP contribution is -2.52. The molecule has 8 heteroatoms. The largest absolute Gasteiger partial charge is 0.351 e. The minimum Gasteiger partial charge on any atom is -0.351 e. The normalized spacial score (nSPS) is 29.3. The van der Waals surface area contributed by atoms with Crippen LogP contribution in [0.2, 0.25) is 0 Å². The van der Waals surface area contributed by atoms with Crippen LogP contribution < -0.4 is 10.6 Å². The van der Waals surface area contributed by atoms with Gasteiger partial charge >= 0.3 is 0 Å². The summed E-state index contributed by atoms with van der Waals surface area (Å²) in [6.45, 7) is 7.04. The molecule has 0 radical (unpaired) electrons. The van der Waals surface area contributed by atoms with Crippen molar-refractivity contribution in [3.8, 4) is 0 Å². The second-order valence-corrected chi connectivity index (χ2v) is 12.2. The van der Waals surface area contributed by atoms with E-state index in [1.165, 1.54) is 90.5 Å². The third-order valence-electron chi connectivity index (χ3n) is 9.78. The van der Waals surface area contributed by atoms with Crippen LogP contribution in [-0.4, -0.2) is 81.6 Å². The number of carbonyl (C=O) groups is 1. The fourth-order valence-corrected chi connectivity index (χ4v) is 7.48. The molecule has 4 heterocycles. The zero-order valence-electron chi connectivity index (χ0n) is 21.6. The predicted molar refractivity (Wildman–Crippen MR) is 141 cm³/mol. The molecule has 2 aromatic rings. The van der Waals surface area contributed by atoms with Gasteiger partial charge in [-0.15, -0.1) is 0 Å². The van der Waals surface area contributed by atoms with Crippen molar-refractivity contribution in [3.63, 3.8) is 0 Å². The molecule has 4 fully saturated rings. The predicted octanol–water partition coefficient (Wildman–Crippen LogP) is 3.58. The molecule has 7 rings (SSSR count). The summed E-state index contributed by atoms with van der Waals surface area (Å²) in [5.41, 5.74) is 1.65. The quantitative estimate of drug-likeness (QED) is 0.666. The summed E-state index contributed by atoms with van der Waals surface area (Å²) >= 11 is 0. The van der Waals surface area contributed by atoms with Gasteiger partial charge in [-0.05, 0) is 63.4 Å². The molecule has 3 aliphatic carbocycles. The molecular weight excluding hydrogens is 450 g/mol. The molecule has 1 amide bonds. The molecule has 194 valence electrons. The average Bonchev–Trinajstić information content (AvgIpc) is 3.64. The lowest BCUT2D eigenvalue weighted by Gasteiger charge is -2.43. The van der Waals surface area contributed by atoms with Gasteiger partial charge in [-0.3, -0.25) is 9.69 Å². The average molecular weight is 492 g/mol. The van der Waals surface area contributed by atoms with Crippen LogP contribution in [0, 0.1) is 5.92 Å². The molecule has 5 aliphatic rings. The van der Waals surface area contributed by atoms with Gasteiger partial charge in [0.2, 0.25) is 5.95 Å². The second kappa shape index (κ2) is 9.28. The molecule has 0 atom stereocenters. The van der Waals surface area contributed by atoms with E-state index in [1.807, 2.05) is 12.3 Å². The minimum atomic E-state index is -0.0321. The molecule has 2 aliphatic heterocycles. The van der Waals surface area contributed by atoms with E-state index < -0.39 is 0 Å². The number of rotatable bonds is 5. The van der Waals surface area contributed by atoms with Gasteiger partial charge in [-0.2, -0.15) is 4.98 Å². The SMILES string of the molecule is O=C1NCC2(CCCCC2)n2c1cc1cnc(NC3CCC(N4CCN(CC5CC5)CC4)CC3)nc12. The summed E-state index contributed by atoms with van der Waals surface area (Å²) in [7, 11) is 0. The lowest BCUT2D eigenvalue weighted by molar-refractivity contribution is 0.0752. The van der Waals surface area contributed by atoms with Gasteiger partial charge in [0.15, 0.2) is 0 Å². The summed E-state index contributed by atoms with van der Waals surface area (Å²) in [4.78, 5) is 27.8. The fourth-order valence-electron chi connectivity index (χ4n) is 7.48. The van der Waals surface area contributed by atoms with Gasteiger partial charge in [0.25, 0.3) is 5.91 Å². The van der Waals surface area contributed by atoms with Crippen molar-refractivity contribution >= 4 is 22.9 Å². The van der Waals surface area contributed by atoms with Crippen molar-refractivity contribution in [2.45, 2.75) is 88.3 Å². The van der Waals surface area contributed by atoms with Crippen LogP contribution in [0.4, 0.5) is 5.95 Å². The number of nitrogens with zero attached hydrogens (tertiary/aromatic N) is 5. The molecule has 1 saturated heterocycles. The molecule has 2 aromatic heterocycles. The first kappa shape index (κ1) is 23.0. The van der Waals surface area contributed by atoms with E-state index in [9.17, 15) is 4.79 Å². The number of hydrogen-bond acceptors (Lipinski definition) is 6. The first-order valence-electron chi connectivity index (χ1n) is 14.6. The van der Waals surface area contributed by atoms with Gasteiger partial charge in [0.05, 0.1) is 5.54 Å². The van der Waals surface area contributed by atoms with Gasteiger partial charge in [-0.25, -0.2) is 4.98 Å². The third-order valence-corrected chi connectivity index (χ3v) is 9.78. The summed E-state index contributed by atoms with van der Waals surface area (Å²) in [6.07, 6.45) is 15.6. The van der Waals surface area contributed by atoms with E-state index in [2.05, 4.69) is 30.0 Å². The molecule has 8 nitrogen and oxygen atoms in total. The highest BCUT2D eigenvalue weighted by Crippen LogP contribution is 2.40. The molecular formula is C28H41N7O. The summed E-state index contributed by atoms with van der Waals surface area (Å²) in [6, 6.07) is 3.15. The Balaban J connectivity index is 1.01. The lowest BCUT2D eigenvalue weighted by atomic mass is 9.80. The Bertz CT molecular complexity index is 1100. The number of anilines is 1. The minimum absolute atomic E-state index is 0.0189. The van der Waals surface area contributed by atoms with Crippen LogP contribution in [0.5, 0.6) is 0 Å². The van der Waals surface area contributed by atoms with E-state index in [-0.39, 0.29) is 11.4 Å².